The monoisotopic (exact) mass is 311 g/mol. The van der Waals surface area contributed by atoms with Gasteiger partial charge in [-0.25, -0.2) is 0 Å². The molecule has 1 unspecified atom stereocenters. The molecule has 1 saturated heterocycles. The van der Waals surface area contributed by atoms with Gasteiger partial charge in [0.05, 0.1) is 4.92 Å². The number of halogens is 1. The second-order valence-corrected chi connectivity index (χ2v) is 5.99. The van der Waals surface area contributed by atoms with Crippen LogP contribution >= 0.6 is 11.6 Å². The first-order chi connectivity index (χ1) is 10.1. The lowest BCUT2D eigenvalue weighted by molar-refractivity contribution is -0.385. The van der Waals surface area contributed by atoms with Crippen molar-refractivity contribution in [3.8, 4) is 0 Å². The molecule has 1 aliphatic rings. The zero-order valence-electron chi connectivity index (χ0n) is 12.3. The standard InChI is InChI=1S/C15H22ClN3O2/c1-2-8-18(11-14-4-3-7-17-14)10-12-9-13(16)5-6-15(12)19(20)21/h5-6,9,14,17H,2-4,7-8,10-11H2,1H3. The minimum atomic E-state index is -0.330. The lowest BCUT2D eigenvalue weighted by atomic mass is 10.1. The molecule has 21 heavy (non-hydrogen) atoms. The van der Waals surface area contributed by atoms with E-state index in [1.807, 2.05) is 0 Å². The minimum Gasteiger partial charge on any atom is -0.313 e. The quantitative estimate of drug-likeness (QED) is 0.620. The molecule has 0 bridgehead atoms. The van der Waals surface area contributed by atoms with Gasteiger partial charge in [-0.3, -0.25) is 15.0 Å². The summed E-state index contributed by atoms with van der Waals surface area (Å²) in [4.78, 5) is 13.1. The van der Waals surface area contributed by atoms with Crippen LogP contribution < -0.4 is 5.32 Å². The molecule has 0 amide bonds. The lowest BCUT2D eigenvalue weighted by Crippen LogP contribution is -2.37. The summed E-state index contributed by atoms with van der Waals surface area (Å²) in [6.45, 7) is 5.63. The molecule has 1 fully saturated rings. The van der Waals surface area contributed by atoms with Crippen molar-refractivity contribution in [2.45, 2.75) is 38.8 Å². The number of nitrogens with one attached hydrogen (secondary N) is 1. The topological polar surface area (TPSA) is 58.4 Å². The average molecular weight is 312 g/mol. The fraction of sp³-hybridized carbons (Fsp3) is 0.600. The van der Waals surface area contributed by atoms with Crippen LogP contribution in [0.25, 0.3) is 0 Å². The van der Waals surface area contributed by atoms with Crippen molar-refractivity contribution in [1.29, 1.82) is 0 Å². The van der Waals surface area contributed by atoms with Crippen LogP contribution in [0.1, 0.15) is 31.7 Å². The molecule has 0 spiro atoms. The van der Waals surface area contributed by atoms with Gasteiger partial charge in [0.2, 0.25) is 0 Å². The van der Waals surface area contributed by atoms with E-state index in [4.69, 9.17) is 11.6 Å². The zero-order valence-corrected chi connectivity index (χ0v) is 13.1. The van der Waals surface area contributed by atoms with E-state index >= 15 is 0 Å². The number of benzene rings is 1. The molecule has 5 nitrogen and oxygen atoms in total. The fourth-order valence-corrected chi connectivity index (χ4v) is 3.07. The first-order valence-electron chi connectivity index (χ1n) is 7.48. The summed E-state index contributed by atoms with van der Waals surface area (Å²) in [6.07, 6.45) is 3.42. The van der Waals surface area contributed by atoms with Crippen molar-refractivity contribution in [2.75, 3.05) is 19.6 Å². The number of rotatable bonds is 7. The minimum absolute atomic E-state index is 0.153. The Balaban J connectivity index is 2.11. The Morgan fingerprint density at radius 2 is 2.33 bits per heavy atom. The molecule has 1 aliphatic heterocycles. The van der Waals surface area contributed by atoms with Gasteiger partial charge in [-0.1, -0.05) is 18.5 Å². The molecule has 116 valence electrons. The largest absolute Gasteiger partial charge is 0.313 e. The van der Waals surface area contributed by atoms with Crippen LogP contribution in [0.2, 0.25) is 5.02 Å². The van der Waals surface area contributed by atoms with E-state index in [1.54, 1.807) is 12.1 Å². The number of hydrogen-bond donors (Lipinski definition) is 1. The molecule has 1 heterocycles. The van der Waals surface area contributed by atoms with Crippen molar-refractivity contribution in [1.82, 2.24) is 10.2 Å². The van der Waals surface area contributed by atoms with E-state index in [0.717, 1.165) is 26.1 Å². The summed E-state index contributed by atoms with van der Waals surface area (Å²) >= 11 is 6.00. The maximum absolute atomic E-state index is 11.1. The second kappa shape index (κ2) is 7.73. The highest BCUT2D eigenvalue weighted by atomic mass is 35.5. The van der Waals surface area contributed by atoms with Crippen LogP contribution in [0.15, 0.2) is 18.2 Å². The van der Waals surface area contributed by atoms with E-state index in [0.29, 0.717) is 23.2 Å². The predicted molar refractivity (Wildman–Crippen MR) is 84.7 cm³/mol. The predicted octanol–water partition coefficient (Wildman–Crippen LogP) is 3.21. The highest BCUT2D eigenvalue weighted by Gasteiger charge is 2.21. The summed E-state index contributed by atoms with van der Waals surface area (Å²) in [5, 5.41) is 15.2. The average Bonchev–Trinajstić information content (AvgIpc) is 2.91. The van der Waals surface area contributed by atoms with Crippen molar-refractivity contribution in [3.63, 3.8) is 0 Å². The number of nitrogens with zero attached hydrogens (tertiary/aromatic N) is 2. The van der Waals surface area contributed by atoms with Gasteiger partial charge >= 0.3 is 0 Å². The van der Waals surface area contributed by atoms with Crippen LogP contribution in [0, 0.1) is 10.1 Å². The fourth-order valence-electron chi connectivity index (χ4n) is 2.88. The van der Waals surface area contributed by atoms with E-state index in [1.165, 1.54) is 18.9 Å². The molecule has 6 heteroatoms. The normalized spacial score (nSPS) is 18.3. The summed E-state index contributed by atoms with van der Waals surface area (Å²) < 4.78 is 0. The highest BCUT2D eigenvalue weighted by Crippen LogP contribution is 2.24. The Kier molecular flexibility index (Phi) is 5.96. The first-order valence-corrected chi connectivity index (χ1v) is 7.86. The molecule has 0 radical (unpaired) electrons. The molecular formula is C15H22ClN3O2. The zero-order chi connectivity index (χ0) is 15.2. The Hall–Kier alpha value is -1.17. The third-order valence-electron chi connectivity index (χ3n) is 3.81. The number of nitro benzene ring substituents is 1. The molecule has 0 saturated carbocycles. The lowest BCUT2D eigenvalue weighted by Gasteiger charge is -2.25. The van der Waals surface area contributed by atoms with E-state index in [-0.39, 0.29) is 10.6 Å². The maximum atomic E-state index is 11.1. The number of nitro groups is 1. The van der Waals surface area contributed by atoms with E-state index in [9.17, 15) is 10.1 Å². The van der Waals surface area contributed by atoms with Crippen LogP contribution in [-0.2, 0) is 6.54 Å². The van der Waals surface area contributed by atoms with Gasteiger partial charge in [-0.2, -0.15) is 0 Å². The van der Waals surface area contributed by atoms with Crippen LogP contribution in [0.4, 0.5) is 5.69 Å². The van der Waals surface area contributed by atoms with E-state index in [2.05, 4.69) is 17.1 Å². The van der Waals surface area contributed by atoms with Gasteiger partial charge in [0.15, 0.2) is 0 Å². The van der Waals surface area contributed by atoms with Gasteiger partial charge in [0, 0.05) is 35.8 Å². The van der Waals surface area contributed by atoms with Crippen molar-refractivity contribution in [2.24, 2.45) is 0 Å². The Bertz CT molecular complexity index is 490. The molecule has 1 aromatic carbocycles. The molecule has 0 aliphatic carbocycles. The Morgan fingerprint density at radius 1 is 1.52 bits per heavy atom. The maximum Gasteiger partial charge on any atom is 0.273 e. The van der Waals surface area contributed by atoms with Crippen molar-refractivity contribution >= 4 is 17.3 Å². The van der Waals surface area contributed by atoms with E-state index < -0.39 is 0 Å². The number of hydrogen-bond acceptors (Lipinski definition) is 4. The van der Waals surface area contributed by atoms with Gasteiger partial charge in [0.1, 0.15) is 0 Å². The molecule has 0 aromatic heterocycles. The summed E-state index contributed by atoms with van der Waals surface area (Å²) in [5.41, 5.74) is 0.846. The Labute approximate surface area is 130 Å². The summed E-state index contributed by atoms with van der Waals surface area (Å²) in [6, 6.07) is 5.28. The van der Waals surface area contributed by atoms with Crippen LogP contribution in [0.5, 0.6) is 0 Å². The Morgan fingerprint density at radius 3 is 2.95 bits per heavy atom. The van der Waals surface area contributed by atoms with Crippen molar-refractivity contribution in [3.05, 3.63) is 38.9 Å². The van der Waals surface area contributed by atoms with Crippen LogP contribution in [-0.4, -0.2) is 35.5 Å². The van der Waals surface area contributed by atoms with Gasteiger partial charge in [-0.15, -0.1) is 0 Å². The highest BCUT2D eigenvalue weighted by molar-refractivity contribution is 6.30. The summed E-state index contributed by atoms with van der Waals surface area (Å²) in [5.74, 6) is 0. The summed E-state index contributed by atoms with van der Waals surface area (Å²) in [7, 11) is 0. The molecule has 1 aromatic rings. The third-order valence-corrected chi connectivity index (χ3v) is 4.05. The molecule has 2 rings (SSSR count). The van der Waals surface area contributed by atoms with Gasteiger partial charge in [-0.05, 0) is 44.5 Å². The first kappa shape index (κ1) is 16.2. The SMILES string of the molecule is CCCN(Cc1cc(Cl)ccc1[N+](=O)[O-])CC1CCCN1. The second-order valence-electron chi connectivity index (χ2n) is 5.56. The smallest absolute Gasteiger partial charge is 0.273 e. The molecule has 1 atom stereocenters. The van der Waals surface area contributed by atoms with Gasteiger partial charge in [0.25, 0.3) is 5.69 Å². The van der Waals surface area contributed by atoms with Crippen LogP contribution in [0.3, 0.4) is 0 Å². The van der Waals surface area contributed by atoms with Gasteiger partial charge < -0.3 is 5.32 Å². The van der Waals surface area contributed by atoms with Crippen molar-refractivity contribution < 1.29 is 4.92 Å². The molecular weight excluding hydrogens is 290 g/mol. The third kappa shape index (κ3) is 4.66. The molecule has 1 N–H and O–H groups in total.